The minimum absolute atomic E-state index is 0.112. The molecule has 1 aliphatic rings. The summed E-state index contributed by atoms with van der Waals surface area (Å²) in [7, 11) is -3.65. The predicted molar refractivity (Wildman–Crippen MR) is 108 cm³/mol. The van der Waals surface area contributed by atoms with Crippen molar-refractivity contribution in [2.75, 3.05) is 31.6 Å². The minimum Gasteiger partial charge on any atom is -0.379 e. The fourth-order valence-corrected chi connectivity index (χ4v) is 4.66. The number of morpholine rings is 1. The molecule has 28 heavy (non-hydrogen) atoms. The average molecular weight is 396 g/mol. The van der Waals surface area contributed by atoms with E-state index in [2.05, 4.69) is 5.32 Å². The number of anilines is 1. The first kappa shape index (κ1) is 18.6. The van der Waals surface area contributed by atoms with Crippen molar-refractivity contribution in [3.63, 3.8) is 0 Å². The second kappa shape index (κ2) is 7.71. The first-order valence-electron chi connectivity index (χ1n) is 9.02. The average Bonchev–Trinajstić information content (AvgIpc) is 2.74. The van der Waals surface area contributed by atoms with Gasteiger partial charge in [-0.1, -0.05) is 36.4 Å². The van der Waals surface area contributed by atoms with Gasteiger partial charge in [-0.15, -0.1) is 0 Å². The summed E-state index contributed by atoms with van der Waals surface area (Å²) in [5, 5.41) is 4.94. The van der Waals surface area contributed by atoms with Crippen LogP contribution in [0.4, 0.5) is 5.69 Å². The number of hydrogen-bond acceptors (Lipinski definition) is 4. The van der Waals surface area contributed by atoms with Gasteiger partial charge in [-0.25, -0.2) is 8.42 Å². The summed E-state index contributed by atoms with van der Waals surface area (Å²) in [6, 6.07) is 19.6. The SMILES string of the molecule is O=C(Nc1ccc2ccccc2c1)c1cccc(S(=O)(=O)N2CCOCC2)c1. The van der Waals surface area contributed by atoms with Crippen molar-refractivity contribution in [2.24, 2.45) is 0 Å². The topological polar surface area (TPSA) is 75.7 Å². The van der Waals surface area contributed by atoms with E-state index in [9.17, 15) is 13.2 Å². The van der Waals surface area contributed by atoms with Gasteiger partial charge in [-0.2, -0.15) is 4.31 Å². The number of fused-ring (bicyclic) bond motifs is 1. The van der Waals surface area contributed by atoms with E-state index >= 15 is 0 Å². The zero-order valence-electron chi connectivity index (χ0n) is 15.2. The van der Waals surface area contributed by atoms with Crippen LogP contribution in [-0.2, 0) is 14.8 Å². The van der Waals surface area contributed by atoms with Gasteiger partial charge < -0.3 is 10.1 Å². The van der Waals surface area contributed by atoms with Crippen LogP contribution in [-0.4, -0.2) is 44.9 Å². The zero-order chi connectivity index (χ0) is 19.6. The van der Waals surface area contributed by atoms with Crippen LogP contribution >= 0.6 is 0 Å². The van der Waals surface area contributed by atoms with Gasteiger partial charge in [0, 0.05) is 24.3 Å². The molecule has 1 amide bonds. The number of sulfonamides is 1. The molecule has 144 valence electrons. The zero-order valence-corrected chi connectivity index (χ0v) is 16.0. The Morgan fingerprint density at radius 1 is 0.893 bits per heavy atom. The summed E-state index contributed by atoms with van der Waals surface area (Å²) in [6.07, 6.45) is 0. The predicted octanol–water partition coefficient (Wildman–Crippen LogP) is 3.11. The number of rotatable bonds is 4. The van der Waals surface area contributed by atoms with E-state index in [0.29, 0.717) is 37.6 Å². The summed E-state index contributed by atoms with van der Waals surface area (Å²) in [6.45, 7) is 1.38. The Morgan fingerprint density at radius 2 is 1.64 bits per heavy atom. The van der Waals surface area contributed by atoms with Crippen LogP contribution in [0.25, 0.3) is 10.8 Å². The fourth-order valence-electron chi connectivity index (χ4n) is 3.20. The number of ether oxygens (including phenoxy) is 1. The van der Waals surface area contributed by atoms with Crippen molar-refractivity contribution in [2.45, 2.75) is 4.90 Å². The minimum atomic E-state index is -3.65. The maximum atomic E-state index is 12.8. The Bertz CT molecular complexity index is 1120. The van der Waals surface area contributed by atoms with Crippen LogP contribution in [0.15, 0.2) is 71.6 Å². The molecule has 3 aromatic carbocycles. The summed E-state index contributed by atoms with van der Waals surface area (Å²) in [5.41, 5.74) is 0.952. The maximum absolute atomic E-state index is 12.8. The van der Waals surface area contributed by atoms with Crippen molar-refractivity contribution in [1.82, 2.24) is 4.31 Å². The number of nitrogens with zero attached hydrogens (tertiary/aromatic N) is 1. The molecule has 1 aliphatic heterocycles. The molecule has 6 nitrogen and oxygen atoms in total. The number of amides is 1. The van der Waals surface area contributed by atoms with Crippen molar-refractivity contribution in [1.29, 1.82) is 0 Å². The number of benzene rings is 3. The molecule has 1 N–H and O–H groups in total. The summed E-state index contributed by atoms with van der Waals surface area (Å²) < 4.78 is 32.2. The maximum Gasteiger partial charge on any atom is 0.255 e. The van der Waals surface area contributed by atoms with Gasteiger partial charge in [0.1, 0.15) is 0 Å². The number of carbonyl (C=O) groups excluding carboxylic acids is 1. The molecule has 0 unspecified atom stereocenters. The van der Waals surface area contributed by atoms with E-state index in [1.165, 1.54) is 16.4 Å². The van der Waals surface area contributed by atoms with Crippen molar-refractivity contribution in [3.8, 4) is 0 Å². The molecule has 0 radical (unpaired) electrons. The highest BCUT2D eigenvalue weighted by molar-refractivity contribution is 7.89. The molecule has 1 saturated heterocycles. The van der Waals surface area contributed by atoms with Gasteiger partial charge >= 0.3 is 0 Å². The lowest BCUT2D eigenvalue weighted by molar-refractivity contribution is 0.0730. The smallest absolute Gasteiger partial charge is 0.255 e. The molecular weight excluding hydrogens is 376 g/mol. The molecular formula is C21H20N2O4S. The number of hydrogen-bond donors (Lipinski definition) is 1. The molecule has 4 rings (SSSR count). The Labute approximate surface area is 163 Å². The van der Waals surface area contributed by atoms with Crippen LogP contribution < -0.4 is 5.32 Å². The molecule has 0 saturated carbocycles. The lowest BCUT2D eigenvalue weighted by Gasteiger charge is -2.26. The van der Waals surface area contributed by atoms with Crippen LogP contribution in [0.1, 0.15) is 10.4 Å². The first-order valence-corrected chi connectivity index (χ1v) is 10.5. The number of nitrogens with one attached hydrogen (secondary N) is 1. The molecule has 0 aliphatic carbocycles. The van der Waals surface area contributed by atoms with E-state index in [0.717, 1.165) is 10.8 Å². The van der Waals surface area contributed by atoms with Crippen molar-refractivity contribution >= 4 is 32.4 Å². The highest BCUT2D eigenvalue weighted by Gasteiger charge is 2.26. The summed E-state index contributed by atoms with van der Waals surface area (Å²) in [5.74, 6) is -0.352. The van der Waals surface area contributed by atoms with E-state index in [1.807, 2.05) is 42.5 Å². The third-order valence-corrected chi connectivity index (χ3v) is 6.61. The third kappa shape index (κ3) is 3.77. The monoisotopic (exact) mass is 396 g/mol. The fraction of sp³-hybridized carbons (Fsp3) is 0.190. The second-order valence-electron chi connectivity index (χ2n) is 6.56. The van der Waals surface area contributed by atoms with E-state index in [4.69, 9.17) is 4.74 Å². The van der Waals surface area contributed by atoms with Crippen LogP contribution in [0.5, 0.6) is 0 Å². The number of carbonyl (C=O) groups is 1. The molecule has 0 atom stereocenters. The molecule has 1 fully saturated rings. The Morgan fingerprint density at radius 3 is 2.43 bits per heavy atom. The molecule has 0 spiro atoms. The quantitative estimate of drug-likeness (QED) is 0.735. The van der Waals surface area contributed by atoms with Crippen molar-refractivity contribution < 1.29 is 17.9 Å². The van der Waals surface area contributed by atoms with Gasteiger partial charge in [0.25, 0.3) is 5.91 Å². The third-order valence-electron chi connectivity index (χ3n) is 4.71. The molecule has 0 aromatic heterocycles. The van der Waals surface area contributed by atoms with E-state index < -0.39 is 10.0 Å². The standard InChI is InChI=1S/C21H20N2O4S/c24-21(22-19-9-8-16-4-1-2-5-17(16)14-19)18-6-3-7-20(15-18)28(25,26)23-10-12-27-13-11-23/h1-9,14-15H,10-13H2,(H,22,24). The Kier molecular flexibility index (Phi) is 5.13. The Balaban J connectivity index is 1.57. The van der Waals surface area contributed by atoms with Crippen molar-refractivity contribution in [3.05, 3.63) is 72.3 Å². The highest BCUT2D eigenvalue weighted by Crippen LogP contribution is 2.21. The second-order valence-corrected chi connectivity index (χ2v) is 8.50. The largest absolute Gasteiger partial charge is 0.379 e. The van der Waals surface area contributed by atoms with Gasteiger partial charge in [-0.3, -0.25) is 4.79 Å². The van der Waals surface area contributed by atoms with Crippen LogP contribution in [0, 0.1) is 0 Å². The lowest BCUT2D eigenvalue weighted by Crippen LogP contribution is -2.40. The van der Waals surface area contributed by atoms with Gasteiger partial charge in [0.05, 0.1) is 18.1 Å². The molecule has 7 heteroatoms. The van der Waals surface area contributed by atoms with Crippen LogP contribution in [0.3, 0.4) is 0 Å². The lowest BCUT2D eigenvalue weighted by atomic mass is 10.1. The molecule has 1 heterocycles. The first-order chi connectivity index (χ1) is 13.5. The van der Waals surface area contributed by atoms with E-state index in [1.54, 1.807) is 12.1 Å². The van der Waals surface area contributed by atoms with Crippen LogP contribution in [0.2, 0.25) is 0 Å². The highest BCUT2D eigenvalue weighted by atomic mass is 32.2. The Hall–Kier alpha value is -2.74. The van der Waals surface area contributed by atoms with Gasteiger partial charge in [0.2, 0.25) is 10.0 Å². The molecule has 0 bridgehead atoms. The molecule has 3 aromatic rings. The van der Waals surface area contributed by atoms with E-state index in [-0.39, 0.29) is 10.8 Å². The van der Waals surface area contributed by atoms with Gasteiger partial charge in [-0.05, 0) is 41.1 Å². The normalized spacial score (nSPS) is 15.4. The summed E-state index contributed by atoms with van der Waals surface area (Å²) in [4.78, 5) is 12.8. The summed E-state index contributed by atoms with van der Waals surface area (Å²) >= 11 is 0. The van der Waals surface area contributed by atoms with Gasteiger partial charge in [0.15, 0.2) is 0 Å².